The van der Waals surface area contributed by atoms with Gasteiger partial charge in [0.05, 0.1) is 38.6 Å². The van der Waals surface area contributed by atoms with Gasteiger partial charge in [-0.3, -0.25) is 4.79 Å². The fourth-order valence-electron chi connectivity index (χ4n) is 9.50. The Morgan fingerprint density at radius 1 is 0.461 bits per heavy atom. The molecule has 0 saturated carbocycles. The molecular formula is C57H101NO18. The fraction of sp³-hybridized carbons (Fsp3) is 0.842. The van der Waals surface area contributed by atoms with Crippen molar-refractivity contribution < 1.29 is 89.4 Å². The zero-order chi connectivity index (χ0) is 55.5. The van der Waals surface area contributed by atoms with Gasteiger partial charge in [0.2, 0.25) is 5.91 Å². The van der Waals surface area contributed by atoms with E-state index in [1.54, 1.807) is 6.08 Å². The molecule has 17 atom stereocenters. The molecule has 3 aliphatic heterocycles. The molecule has 3 fully saturated rings. The van der Waals surface area contributed by atoms with Crippen LogP contribution in [0.2, 0.25) is 0 Å². The highest BCUT2D eigenvalue weighted by Crippen LogP contribution is 2.33. The Bertz CT molecular complexity index is 1580. The first-order valence-electron chi connectivity index (χ1n) is 28.9. The molecule has 76 heavy (non-hydrogen) atoms. The highest BCUT2D eigenvalue weighted by molar-refractivity contribution is 5.76. The van der Waals surface area contributed by atoms with Crippen LogP contribution in [-0.2, 0) is 33.2 Å². The normalized spacial score (nSPS) is 31.3. The Hall–Kier alpha value is -2.25. The smallest absolute Gasteiger partial charge is 0.220 e. The molecule has 0 aliphatic carbocycles. The lowest BCUT2D eigenvalue weighted by atomic mass is 9.96. The molecule has 0 radical (unpaired) electrons. The minimum atomic E-state index is -1.98. The van der Waals surface area contributed by atoms with Crippen molar-refractivity contribution in [1.82, 2.24) is 5.32 Å². The quantitative estimate of drug-likeness (QED) is 0.0300. The number of hydrogen-bond acceptors (Lipinski definition) is 18. The summed E-state index contributed by atoms with van der Waals surface area (Å²) < 4.78 is 34.1. The minimum Gasteiger partial charge on any atom is -0.394 e. The van der Waals surface area contributed by atoms with E-state index in [0.717, 1.165) is 64.2 Å². The lowest BCUT2D eigenvalue weighted by Gasteiger charge is -2.48. The number of allylic oxidation sites excluding steroid dienone is 7. The van der Waals surface area contributed by atoms with Crippen LogP contribution in [-0.4, -0.2) is 193 Å². The van der Waals surface area contributed by atoms with E-state index >= 15 is 0 Å². The summed E-state index contributed by atoms with van der Waals surface area (Å²) in [6, 6.07) is -0.999. The summed E-state index contributed by atoms with van der Waals surface area (Å²) >= 11 is 0. The maximum Gasteiger partial charge on any atom is 0.220 e. The van der Waals surface area contributed by atoms with Crippen molar-refractivity contribution in [2.45, 2.75) is 279 Å². The van der Waals surface area contributed by atoms with Gasteiger partial charge in [-0.25, -0.2) is 0 Å². The molecule has 3 heterocycles. The number of amides is 1. The molecule has 1 amide bonds. The second-order valence-corrected chi connectivity index (χ2v) is 20.7. The first-order valence-corrected chi connectivity index (χ1v) is 28.9. The van der Waals surface area contributed by atoms with E-state index in [1.807, 2.05) is 6.08 Å². The number of rotatable bonds is 41. The predicted molar refractivity (Wildman–Crippen MR) is 286 cm³/mol. The number of aliphatic hydroxyl groups is 11. The summed E-state index contributed by atoms with van der Waals surface area (Å²) in [4.78, 5) is 13.2. The van der Waals surface area contributed by atoms with Crippen LogP contribution < -0.4 is 5.32 Å². The largest absolute Gasteiger partial charge is 0.394 e. The van der Waals surface area contributed by atoms with Gasteiger partial charge < -0.3 is 89.9 Å². The maximum absolute atomic E-state index is 13.2. The van der Waals surface area contributed by atoms with Gasteiger partial charge in [0.15, 0.2) is 18.9 Å². The van der Waals surface area contributed by atoms with Crippen LogP contribution in [0.4, 0.5) is 0 Å². The number of aliphatic hydroxyl groups excluding tert-OH is 11. The third-order valence-corrected chi connectivity index (χ3v) is 14.3. The zero-order valence-corrected chi connectivity index (χ0v) is 45.7. The highest BCUT2D eigenvalue weighted by Gasteiger charge is 2.53. The second-order valence-electron chi connectivity index (χ2n) is 20.7. The molecule has 12 N–H and O–H groups in total. The number of ether oxygens (including phenoxy) is 6. The predicted octanol–water partition coefficient (Wildman–Crippen LogP) is 4.31. The third kappa shape index (κ3) is 25.0. The Kier molecular flexibility index (Phi) is 36.6. The number of nitrogens with one attached hydrogen (secondary N) is 1. The van der Waals surface area contributed by atoms with Crippen molar-refractivity contribution in [3.63, 3.8) is 0 Å². The molecule has 0 spiro atoms. The molecule has 19 nitrogen and oxygen atoms in total. The van der Waals surface area contributed by atoms with Crippen LogP contribution in [0.25, 0.3) is 0 Å². The lowest BCUT2D eigenvalue weighted by molar-refractivity contribution is -0.379. The maximum atomic E-state index is 13.2. The molecule has 3 saturated heterocycles. The number of hydrogen-bond donors (Lipinski definition) is 12. The Morgan fingerprint density at radius 3 is 1.36 bits per heavy atom. The first-order chi connectivity index (χ1) is 36.8. The molecular weight excluding hydrogens is 987 g/mol. The second kappa shape index (κ2) is 40.9. The molecule has 3 rings (SSSR count). The van der Waals surface area contributed by atoms with Crippen molar-refractivity contribution >= 4 is 5.91 Å². The third-order valence-electron chi connectivity index (χ3n) is 14.3. The monoisotopic (exact) mass is 1090 g/mol. The van der Waals surface area contributed by atoms with Crippen LogP contribution in [0.3, 0.4) is 0 Å². The summed E-state index contributed by atoms with van der Waals surface area (Å²) in [5.74, 6) is -0.303. The summed E-state index contributed by atoms with van der Waals surface area (Å²) in [7, 11) is 0. The Morgan fingerprint density at radius 2 is 0.855 bits per heavy atom. The molecule has 3 aliphatic rings. The van der Waals surface area contributed by atoms with Crippen LogP contribution in [0.15, 0.2) is 48.6 Å². The van der Waals surface area contributed by atoms with Gasteiger partial charge in [0.25, 0.3) is 0 Å². The molecule has 19 heteroatoms. The summed E-state index contributed by atoms with van der Waals surface area (Å²) in [5, 5.41) is 120. The van der Waals surface area contributed by atoms with Crippen molar-refractivity contribution in [3.8, 4) is 0 Å². The molecule has 0 aromatic rings. The van der Waals surface area contributed by atoms with Crippen molar-refractivity contribution in [3.05, 3.63) is 48.6 Å². The van der Waals surface area contributed by atoms with Gasteiger partial charge in [-0.2, -0.15) is 0 Å². The topological polar surface area (TPSA) is 307 Å². The summed E-state index contributed by atoms with van der Waals surface area (Å²) in [6.45, 7) is 1.62. The Labute approximate surface area is 453 Å². The average Bonchev–Trinajstić information content (AvgIpc) is 3.41. The number of carbonyl (C=O) groups is 1. The van der Waals surface area contributed by atoms with E-state index in [2.05, 4.69) is 55.6 Å². The number of unbranched alkanes of at least 4 members (excludes halogenated alkanes) is 19. The van der Waals surface area contributed by atoms with Crippen molar-refractivity contribution in [1.29, 1.82) is 0 Å². The molecule has 0 aromatic carbocycles. The Balaban J connectivity index is 1.53. The van der Waals surface area contributed by atoms with E-state index in [0.29, 0.717) is 12.8 Å². The van der Waals surface area contributed by atoms with E-state index < -0.39 is 124 Å². The van der Waals surface area contributed by atoms with Gasteiger partial charge in [-0.15, -0.1) is 0 Å². The van der Waals surface area contributed by atoms with Gasteiger partial charge >= 0.3 is 0 Å². The van der Waals surface area contributed by atoms with Gasteiger partial charge in [0, 0.05) is 6.42 Å². The zero-order valence-electron chi connectivity index (χ0n) is 45.7. The molecule has 442 valence electrons. The van der Waals surface area contributed by atoms with Crippen molar-refractivity contribution in [2.24, 2.45) is 0 Å². The summed E-state index contributed by atoms with van der Waals surface area (Å²) in [6.07, 6.45) is 16.8. The molecule has 17 unspecified atom stereocenters. The van der Waals surface area contributed by atoms with Crippen molar-refractivity contribution in [2.75, 3.05) is 26.4 Å². The standard InChI is InChI=1S/C57H101NO18/c1-3-5-7-9-11-13-15-16-17-18-19-20-21-22-23-25-26-28-30-32-34-41(62)40(58-45(63)35-33-31-29-27-24-14-12-10-8-6-4-2)39-71-55-51(69)48(66)53(43(37-60)73-55)76-57-52(70)49(67)54(44(38-61)74-57)75-56-50(68)47(65)46(64)42(36-59)72-56/h10,12,20-21,25-26,32,34,40-44,46-57,59-62,64-70H,3-9,11,13-19,22-24,27-31,33,35-39H2,1-2H3,(H,58,63)/b12-10-,21-20+,26-25+,34-32+. The van der Waals surface area contributed by atoms with Crippen LogP contribution in [0.5, 0.6) is 0 Å². The summed E-state index contributed by atoms with van der Waals surface area (Å²) in [5.41, 5.74) is 0. The van der Waals surface area contributed by atoms with Crippen LogP contribution in [0, 0.1) is 0 Å². The van der Waals surface area contributed by atoms with Crippen LogP contribution in [0.1, 0.15) is 174 Å². The van der Waals surface area contributed by atoms with Gasteiger partial charge in [-0.05, 0) is 64.2 Å². The fourth-order valence-corrected chi connectivity index (χ4v) is 9.50. The number of carbonyl (C=O) groups excluding carboxylic acids is 1. The lowest BCUT2D eigenvalue weighted by Crippen LogP contribution is -2.66. The minimum absolute atomic E-state index is 0.220. The molecule has 0 bridgehead atoms. The van der Waals surface area contributed by atoms with E-state index in [9.17, 15) is 61.0 Å². The van der Waals surface area contributed by atoms with E-state index in [1.165, 1.54) is 77.0 Å². The van der Waals surface area contributed by atoms with Gasteiger partial charge in [0.1, 0.15) is 73.2 Å². The molecule has 0 aromatic heterocycles. The first kappa shape index (κ1) is 68.0. The SMILES string of the molecule is CCCC/C=C\CCCCCCCC(=O)NC(COC1OC(CO)C(OC2OC(CO)C(OC3OC(CO)C(O)C(O)C3O)C(O)C2O)C(O)C1O)C(O)/C=C/CC/C=C/CC/C=C/CCCCCCCCCCCC. The van der Waals surface area contributed by atoms with Gasteiger partial charge in [-0.1, -0.05) is 152 Å². The van der Waals surface area contributed by atoms with E-state index in [4.69, 9.17) is 28.4 Å². The van der Waals surface area contributed by atoms with Crippen LogP contribution >= 0.6 is 0 Å². The van der Waals surface area contributed by atoms with E-state index in [-0.39, 0.29) is 18.9 Å². The average molecular weight is 1090 g/mol. The highest BCUT2D eigenvalue weighted by atomic mass is 16.8.